The summed E-state index contributed by atoms with van der Waals surface area (Å²) in [6.45, 7) is 0.594. The molecule has 4 rings (SSSR count). The third kappa shape index (κ3) is 3.79. The van der Waals surface area contributed by atoms with Crippen molar-refractivity contribution >= 4 is 5.91 Å². The molecule has 27 heavy (non-hydrogen) atoms. The van der Waals surface area contributed by atoms with Crippen LogP contribution < -0.4 is 15.6 Å². The maximum atomic E-state index is 12.3. The van der Waals surface area contributed by atoms with Crippen molar-refractivity contribution in [2.75, 3.05) is 13.7 Å². The van der Waals surface area contributed by atoms with Gasteiger partial charge in [0.2, 0.25) is 5.91 Å². The number of fused-ring (bicyclic) bond motifs is 2. The molecule has 2 aromatic rings. The van der Waals surface area contributed by atoms with Gasteiger partial charge in [-0.25, -0.2) is 4.68 Å². The SMILES string of the molecule is COc1ccc(-c2ccc(=O)n(CC(=O)NC[C@H]3C[C@H]4C=C[C@@H]3C4)n2)cc1. The Morgan fingerprint density at radius 1 is 1.19 bits per heavy atom. The van der Waals surface area contributed by atoms with E-state index in [0.29, 0.717) is 30.0 Å². The van der Waals surface area contributed by atoms with Crippen molar-refractivity contribution in [3.8, 4) is 17.0 Å². The van der Waals surface area contributed by atoms with E-state index in [1.165, 1.54) is 17.2 Å². The molecule has 0 saturated heterocycles. The van der Waals surface area contributed by atoms with Crippen LogP contribution in [0.4, 0.5) is 0 Å². The first-order valence-electron chi connectivity index (χ1n) is 9.30. The number of aromatic nitrogens is 2. The quantitative estimate of drug-likeness (QED) is 0.797. The van der Waals surface area contributed by atoms with E-state index in [2.05, 4.69) is 22.6 Å². The summed E-state index contributed by atoms with van der Waals surface area (Å²) in [6.07, 6.45) is 6.92. The summed E-state index contributed by atoms with van der Waals surface area (Å²) in [7, 11) is 1.61. The summed E-state index contributed by atoms with van der Waals surface area (Å²) in [5.41, 5.74) is 1.22. The highest BCUT2D eigenvalue weighted by Crippen LogP contribution is 2.42. The highest BCUT2D eigenvalue weighted by atomic mass is 16.5. The predicted octanol–water partition coefficient (Wildman–Crippen LogP) is 2.25. The number of amides is 1. The molecule has 1 aromatic heterocycles. The van der Waals surface area contributed by atoms with Crippen LogP contribution in [0.3, 0.4) is 0 Å². The van der Waals surface area contributed by atoms with Crippen molar-refractivity contribution in [3.05, 3.63) is 58.9 Å². The lowest BCUT2D eigenvalue weighted by Crippen LogP contribution is -2.36. The van der Waals surface area contributed by atoms with Gasteiger partial charge in [0.15, 0.2) is 0 Å². The first-order chi connectivity index (χ1) is 13.1. The summed E-state index contributed by atoms with van der Waals surface area (Å²) < 4.78 is 6.37. The average Bonchev–Trinajstić information content (AvgIpc) is 3.31. The number of carbonyl (C=O) groups excluding carboxylic acids is 1. The predicted molar refractivity (Wildman–Crippen MR) is 102 cm³/mol. The van der Waals surface area contributed by atoms with Crippen molar-refractivity contribution < 1.29 is 9.53 Å². The lowest BCUT2D eigenvalue weighted by atomic mass is 9.94. The highest BCUT2D eigenvalue weighted by Gasteiger charge is 2.35. The Hall–Kier alpha value is -2.89. The van der Waals surface area contributed by atoms with Gasteiger partial charge in [-0.1, -0.05) is 12.2 Å². The van der Waals surface area contributed by atoms with E-state index in [0.717, 1.165) is 17.7 Å². The topological polar surface area (TPSA) is 73.2 Å². The first-order valence-corrected chi connectivity index (χ1v) is 9.30. The zero-order valence-corrected chi connectivity index (χ0v) is 15.3. The third-order valence-electron chi connectivity index (χ3n) is 5.52. The van der Waals surface area contributed by atoms with Crippen LogP contribution in [0.5, 0.6) is 5.75 Å². The van der Waals surface area contributed by atoms with Crippen molar-refractivity contribution in [3.63, 3.8) is 0 Å². The normalized spacial score (nSPS) is 22.8. The van der Waals surface area contributed by atoms with Gasteiger partial charge in [-0.05, 0) is 60.9 Å². The molecule has 0 spiro atoms. The van der Waals surface area contributed by atoms with Crippen LogP contribution in [-0.4, -0.2) is 29.3 Å². The van der Waals surface area contributed by atoms with Crippen molar-refractivity contribution in [2.45, 2.75) is 19.4 Å². The van der Waals surface area contributed by atoms with E-state index in [1.807, 2.05) is 24.3 Å². The zero-order chi connectivity index (χ0) is 18.8. The summed E-state index contributed by atoms with van der Waals surface area (Å²) in [4.78, 5) is 24.4. The van der Waals surface area contributed by atoms with Gasteiger partial charge in [0, 0.05) is 18.2 Å². The molecule has 6 nitrogen and oxygen atoms in total. The van der Waals surface area contributed by atoms with E-state index >= 15 is 0 Å². The minimum absolute atomic E-state index is 0.0700. The number of benzene rings is 1. The Morgan fingerprint density at radius 3 is 2.67 bits per heavy atom. The van der Waals surface area contributed by atoms with Gasteiger partial charge in [0.1, 0.15) is 12.3 Å². The first kappa shape index (κ1) is 17.5. The van der Waals surface area contributed by atoms with E-state index in [-0.39, 0.29) is 18.0 Å². The van der Waals surface area contributed by atoms with Gasteiger partial charge in [0.05, 0.1) is 12.8 Å². The minimum atomic E-state index is -0.287. The van der Waals surface area contributed by atoms with Crippen molar-refractivity contribution in [1.82, 2.24) is 15.1 Å². The van der Waals surface area contributed by atoms with E-state index in [1.54, 1.807) is 13.2 Å². The standard InChI is InChI=1S/C21H23N3O3/c1-27-18-6-4-15(5-7-18)19-8-9-21(26)24(23-19)13-20(25)22-12-17-11-14-2-3-16(17)10-14/h2-9,14,16-17H,10-13H2,1H3,(H,22,25)/t14-,16+,17+/m0/s1. The molecular formula is C21H23N3O3. The second-order valence-electron chi connectivity index (χ2n) is 7.29. The van der Waals surface area contributed by atoms with Crippen LogP contribution in [0.2, 0.25) is 0 Å². The van der Waals surface area contributed by atoms with Crippen LogP contribution in [0.1, 0.15) is 12.8 Å². The summed E-state index contributed by atoms with van der Waals surface area (Å²) in [5, 5.41) is 7.32. The molecule has 2 aliphatic carbocycles. The Bertz CT molecular complexity index is 917. The van der Waals surface area contributed by atoms with Crippen LogP contribution in [-0.2, 0) is 11.3 Å². The summed E-state index contributed by atoms with van der Waals surface area (Å²) >= 11 is 0. The van der Waals surface area contributed by atoms with Gasteiger partial charge < -0.3 is 10.1 Å². The van der Waals surface area contributed by atoms with E-state index in [4.69, 9.17) is 4.74 Å². The number of nitrogens with zero attached hydrogens (tertiary/aromatic N) is 2. The second-order valence-corrected chi connectivity index (χ2v) is 7.29. The average molecular weight is 365 g/mol. The molecular weight excluding hydrogens is 342 g/mol. The fourth-order valence-corrected chi connectivity index (χ4v) is 4.04. The summed E-state index contributed by atoms with van der Waals surface area (Å²) in [6, 6.07) is 10.5. The smallest absolute Gasteiger partial charge is 0.267 e. The molecule has 0 aliphatic heterocycles. The molecule has 0 radical (unpaired) electrons. The zero-order valence-electron chi connectivity index (χ0n) is 15.3. The molecule has 3 atom stereocenters. The number of hydrogen-bond donors (Lipinski definition) is 1. The fraction of sp³-hybridized carbons (Fsp3) is 0.381. The molecule has 1 N–H and O–H groups in total. The maximum Gasteiger partial charge on any atom is 0.267 e. The fourth-order valence-electron chi connectivity index (χ4n) is 4.04. The van der Waals surface area contributed by atoms with Crippen LogP contribution in [0.25, 0.3) is 11.3 Å². The molecule has 1 heterocycles. The van der Waals surface area contributed by atoms with Gasteiger partial charge in [-0.15, -0.1) is 0 Å². The molecule has 140 valence electrons. The van der Waals surface area contributed by atoms with Crippen molar-refractivity contribution in [2.24, 2.45) is 17.8 Å². The van der Waals surface area contributed by atoms with E-state index in [9.17, 15) is 9.59 Å². The van der Waals surface area contributed by atoms with Gasteiger partial charge in [-0.3, -0.25) is 9.59 Å². The monoisotopic (exact) mass is 365 g/mol. The Labute approximate surface area is 157 Å². The number of ether oxygens (including phenoxy) is 1. The Kier molecular flexibility index (Phi) is 4.79. The van der Waals surface area contributed by atoms with Crippen LogP contribution in [0, 0.1) is 17.8 Å². The van der Waals surface area contributed by atoms with Crippen LogP contribution in [0.15, 0.2) is 53.3 Å². The number of hydrogen-bond acceptors (Lipinski definition) is 4. The van der Waals surface area contributed by atoms with Crippen LogP contribution >= 0.6 is 0 Å². The largest absolute Gasteiger partial charge is 0.497 e. The Morgan fingerprint density at radius 2 is 2.00 bits per heavy atom. The second kappa shape index (κ2) is 7.39. The number of rotatable bonds is 6. The third-order valence-corrected chi connectivity index (χ3v) is 5.52. The number of allylic oxidation sites excluding steroid dienone is 2. The maximum absolute atomic E-state index is 12.3. The molecule has 1 aromatic carbocycles. The molecule has 2 aliphatic rings. The van der Waals surface area contributed by atoms with Gasteiger partial charge >= 0.3 is 0 Å². The number of methoxy groups -OCH3 is 1. The van der Waals surface area contributed by atoms with Crippen molar-refractivity contribution in [1.29, 1.82) is 0 Å². The lowest BCUT2D eigenvalue weighted by molar-refractivity contribution is -0.122. The lowest BCUT2D eigenvalue weighted by Gasteiger charge is -2.18. The highest BCUT2D eigenvalue weighted by molar-refractivity contribution is 5.75. The van der Waals surface area contributed by atoms with Gasteiger partial charge in [0.25, 0.3) is 5.56 Å². The Balaban J connectivity index is 1.41. The van der Waals surface area contributed by atoms with Gasteiger partial charge in [-0.2, -0.15) is 5.10 Å². The molecule has 2 bridgehead atoms. The molecule has 0 unspecified atom stereocenters. The number of nitrogens with one attached hydrogen (secondary N) is 1. The van der Waals surface area contributed by atoms with E-state index < -0.39 is 0 Å². The molecule has 1 fully saturated rings. The molecule has 1 saturated carbocycles. The minimum Gasteiger partial charge on any atom is -0.497 e. The number of carbonyl (C=O) groups is 1. The summed E-state index contributed by atoms with van der Waals surface area (Å²) in [5.74, 6) is 2.36. The molecule has 1 amide bonds. The molecule has 6 heteroatoms.